The van der Waals surface area contributed by atoms with Gasteiger partial charge in [-0.2, -0.15) is 4.31 Å². The minimum absolute atomic E-state index is 0.0555. The van der Waals surface area contributed by atoms with Gasteiger partial charge in [-0.15, -0.1) is 0 Å². The van der Waals surface area contributed by atoms with E-state index < -0.39 is 10.0 Å². The van der Waals surface area contributed by atoms with Crippen LogP contribution in [0.25, 0.3) is 0 Å². The lowest BCUT2D eigenvalue weighted by molar-refractivity contribution is 0.167. The van der Waals surface area contributed by atoms with Gasteiger partial charge in [0.05, 0.1) is 12.4 Å². The van der Waals surface area contributed by atoms with Crippen molar-refractivity contribution >= 4 is 15.7 Å². The Morgan fingerprint density at radius 2 is 2.00 bits per heavy atom. The number of ether oxygens (including phenoxy) is 1. The fraction of sp³-hybridized carbons (Fsp3) is 0.571. The summed E-state index contributed by atoms with van der Waals surface area (Å²) in [7, 11) is -1.84. The van der Waals surface area contributed by atoms with E-state index in [0.717, 1.165) is 6.42 Å². The number of benzene rings is 1. The number of rotatable bonds is 8. The number of nitrogens with two attached hydrogens (primary N) is 1. The highest BCUT2D eigenvalue weighted by Crippen LogP contribution is 2.19. The molecule has 0 saturated heterocycles. The molecule has 0 heterocycles. The van der Waals surface area contributed by atoms with Gasteiger partial charge in [0.25, 0.3) is 0 Å². The van der Waals surface area contributed by atoms with Gasteiger partial charge < -0.3 is 10.5 Å². The molecule has 1 aromatic rings. The predicted octanol–water partition coefficient (Wildman–Crippen LogP) is 1.85. The molecule has 0 fully saturated rings. The summed E-state index contributed by atoms with van der Waals surface area (Å²) in [4.78, 5) is 0. The molecule has 0 aliphatic rings. The van der Waals surface area contributed by atoms with Crippen molar-refractivity contribution in [3.63, 3.8) is 0 Å². The second kappa shape index (κ2) is 7.61. The second-order valence-corrected chi connectivity index (χ2v) is 6.74. The topological polar surface area (TPSA) is 72.6 Å². The summed E-state index contributed by atoms with van der Waals surface area (Å²) >= 11 is 0. The van der Waals surface area contributed by atoms with Gasteiger partial charge in [-0.05, 0) is 25.0 Å². The highest BCUT2D eigenvalue weighted by molar-refractivity contribution is 7.88. The monoisotopic (exact) mass is 300 g/mol. The minimum Gasteiger partial charge on any atom is -0.398 e. The van der Waals surface area contributed by atoms with E-state index in [1.54, 1.807) is 31.4 Å². The number of anilines is 1. The molecule has 0 amide bonds. The molecular formula is C14H24N2O3S. The number of methoxy groups -OCH3 is 1. The van der Waals surface area contributed by atoms with Crippen LogP contribution >= 0.6 is 0 Å². The molecule has 1 atom stereocenters. The summed E-state index contributed by atoms with van der Waals surface area (Å²) in [6.07, 6.45) is 0.757. The molecule has 0 bridgehead atoms. The van der Waals surface area contributed by atoms with Gasteiger partial charge in [0.2, 0.25) is 10.0 Å². The standard InChI is InChI=1S/C14H24N2O3S/c1-4-12(2)16(9-10-19-3)20(17,18)11-13-7-5-6-8-14(13)15/h5-8,12H,4,9-11,15H2,1-3H3. The largest absolute Gasteiger partial charge is 0.398 e. The molecule has 20 heavy (non-hydrogen) atoms. The highest BCUT2D eigenvalue weighted by atomic mass is 32.2. The van der Waals surface area contributed by atoms with E-state index in [0.29, 0.717) is 24.4 Å². The number of para-hydroxylation sites is 1. The van der Waals surface area contributed by atoms with Crippen LogP contribution in [0.3, 0.4) is 0 Å². The van der Waals surface area contributed by atoms with Crippen molar-refractivity contribution in [1.82, 2.24) is 4.31 Å². The predicted molar refractivity (Wildman–Crippen MR) is 81.8 cm³/mol. The maximum Gasteiger partial charge on any atom is 0.218 e. The molecule has 1 rings (SSSR count). The first-order chi connectivity index (χ1) is 9.42. The molecule has 6 heteroatoms. The first-order valence-electron chi connectivity index (χ1n) is 6.74. The van der Waals surface area contributed by atoms with Crippen LogP contribution < -0.4 is 5.73 Å². The summed E-state index contributed by atoms with van der Waals surface area (Å²) in [5.41, 5.74) is 6.97. The van der Waals surface area contributed by atoms with E-state index >= 15 is 0 Å². The molecule has 0 aromatic heterocycles. The Bertz CT molecular complexity index is 517. The number of hydrogen-bond donors (Lipinski definition) is 1. The maximum atomic E-state index is 12.6. The van der Waals surface area contributed by atoms with Gasteiger partial charge in [-0.1, -0.05) is 25.1 Å². The van der Waals surface area contributed by atoms with E-state index in [4.69, 9.17) is 10.5 Å². The van der Waals surface area contributed by atoms with Crippen molar-refractivity contribution in [2.45, 2.75) is 32.1 Å². The summed E-state index contributed by atoms with van der Waals surface area (Å²) in [5, 5.41) is 0. The van der Waals surface area contributed by atoms with Crippen molar-refractivity contribution in [1.29, 1.82) is 0 Å². The van der Waals surface area contributed by atoms with Gasteiger partial charge in [0.15, 0.2) is 0 Å². The Hall–Kier alpha value is -1.11. The van der Waals surface area contributed by atoms with E-state index in [9.17, 15) is 8.42 Å². The van der Waals surface area contributed by atoms with Crippen LogP contribution in [0.5, 0.6) is 0 Å². The SMILES string of the molecule is CCC(C)N(CCOC)S(=O)(=O)Cc1ccccc1N. The lowest BCUT2D eigenvalue weighted by Crippen LogP contribution is -2.41. The molecule has 0 aliphatic heterocycles. The Balaban J connectivity index is 2.95. The van der Waals surface area contributed by atoms with Crippen LogP contribution in [0.2, 0.25) is 0 Å². The molecule has 1 unspecified atom stereocenters. The molecule has 0 saturated carbocycles. The molecule has 0 radical (unpaired) electrons. The Kier molecular flexibility index (Phi) is 6.45. The smallest absolute Gasteiger partial charge is 0.218 e. The summed E-state index contributed by atoms with van der Waals surface area (Å²) < 4.78 is 31.7. The average Bonchev–Trinajstić information content (AvgIpc) is 2.41. The van der Waals surface area contributed by atoms with Crippen LogP contribution in [-0.2, 0) is 20.5 Å². The van der Waals surface area contributed by atoms with Crippen LogP contribution in [0.4, 0.5) is 5.69 Å². The first kappa shape index (κ1) is 16.9. The third-order valence-corrected chi connectivity index (χ3v) is 5.28. The third kappa shape index (κ3) is 4.47. The molecular weight excluding hydrogens is 276 g/mol. The van der Waals surface area contributed by atoms with Crippen LogP contribution in [0.1, 0.15) is 25.8 Å². The molecule has 114 valence electrons. The zero-order chi connectivity index (χ0) is 15.2. The summed E-state index contributed by atoms with van der Waals surface area (Å²) in [6.45, 7) is 4.62. The van der Waals surface area contributed by atoms with Crippen LogP contribution in [0, 0.1) is 0 Å². The fourth-order valence-electron chi connectivity index (χ4n) is 1.96. The van der Waals surface area contributed by atoms with Crippen molar-refractivity contribution in [3.8, 4) is 0 Å². The zero-order valence-corrected chi connectivity index (χ0v) is 13.2. The Morgan fingerprint density at radius 3 is 2.55 bits per heavy atom. The molecule has 1 aromatic carbocycles. The Morgan fingerprint density at radius 1 is 1.35 bits per heavy atom. The van der Waals surface area contributed by atoms with E-state index in [-0.39, 0.29) is 11.8 Å². The zero-order valence-electron chi connectivity index (χ0n) is 12.4. The number of nitrogen functional groups attached to an aromatic ring is 1. The molecule has 5 nitrogen and oxygen atoms in total. The van der Waals surface area contributed by atoms with E-state index in [1.807, 2.05) is 13.8 Å². The Labute approximate surface area is 121 Å². The summed E-state index contributed by atoms with van der Waals surface area (Å²) in [6, 6.07) is 7.00. The van der Waals surface area contributed by atoms with Gasteiger partial charge in [0.1, 0.15) is 0 Å². The molecule has 0 spiro atoms. The normalized spacial score (nSPS) is 13.6. The van der Waals surface area contributed by atoms with Crippen LogP contribution in [-0.4, -0.2) is 39.0 Å². The first-order valence-corrected chi connectivity index (χ1v) is 8.35. The van der Waals surface area contributed by atoms with Gasteiger partial charge in [-0.3, -0.25) is 0 Å². The molecule has 0 aliphatic carbocycles. The lowest BCUT2D eigenvalue weighted by Gasteiger charge is -2.27. The van der Waals surface area contributed by atoms with Crippen molar-refractivity contribution in [2.75, 3.05) is 26.0 Å². The van der Waals surface area contributed by atoms with E-state index in [1.165, 1.54) is 4.31 Å². The molecule has 2 N–H and O–H groups in total. The number of hydrogen-bond acceptors (Lipinski definition) is 4. The second-order valence-electron chi connectivity index (χ2n) is 4.82. The minimum atomic E-state index is -3.41. The van der Waals surface area contributed by atoms with Crippen molar-refractivity contribution in [3.05, 3.63) is 29.8 Å². The van der Waals surface area contributed by atoms with E-state index in [2.05, 4.69) is 0 Å². The maximum absolute atomic E-state index is 12.6. The van der Waals surface area contributed by atoms with Crippen molar-refractivity contribution in [2.24, 2.45) is 0 Å². The fourth-order valence-corrected chi connectivity index (χ4v) is 3.84. The van der Waals surface area contributed by atoms with Crippen LogP contribution in [0.15, 0.2) is 24.3 Å². The van der Waals surface area contributed by atoms with Gasteiger partial charge in [-0.25, -0.2) is 8.42 Å². The number of nitrogens with zero attached hydrogens (tertiary/aromatic N) is 1. The third-order valence-electron chi connectivity index (χ3n) is 3.35. The van der Waals surface area contributed by atoms with Crippen molar-refractivity contribution < 1.29 is 13.2 Å². The quantitative estimate of drug-likeness (QED) is 0.744. The average molecular weight is 300 g/mol. The number of sulfonamides is 1. The van der Waals surface area contributed by atoms with Gasteiger partial charge >= 0.3 is 0 Å². The van der Waals surface area contributed by atoms with Gasteiger partial charge in [0, 0.05) is 25.4 Å². The highest BCUT2D eigenvalue weighted by Gasteiger charge is 2.26. The lowest BCUT2D eigenvalue weighted by atomic mass is 10.2. The summed E-state index contributed by atoms with van der Waals surface area (Å²) in [5.74, 6) is -0.0757.